The largest absolute Gasteiger partial charge is 0.495 e. The summed E-state index contributed by atoms with van der Waals surface area (Å²) >= 11 is 1.49. The number of rotatable bonds is 3. The fourth-order valence-electron chi connectivity index (χ4n) is 2.24. The summed E-state index contributed by atoms with van der Waals surface area (Å²) in [5, 5.41) is 4.04. The van der Waals surface area contributed by atoms with Gasteiger partial charge in [-0.2, -0.15) is 0 Å². The SMILES string of the molecule is COc1cccc(C)c1NC(=O)c1cc2ccccc2s1. The Hall–Kier alpha value is -2.33. The Morgan fingerprint density at radius 2 is 1.95 bits per heavy atom. The van der Waals surface area contributed by atoms with E-state index in [1.54, 1.807) is 7.11 Å². The predicted octanol–water partition coefficient (Wildman–Crippen LogP) is 4.47. The number of fused-ring (bicyclic) bond motifs is 1. The third-order valence-corrected chi connectivity index (χ3v) is 4.46. The number of carbonyl (C=O) groups is 1. The second-order valence-corrected chi connectivity index (χ2v) is 5.84. The fourth-order valence-corrected chi connectivity index (χ4v) is 3.20. The summed E-state index contributed by atoms with van der Waals surface area (Å²) in [7, 11) is 1.60. The van der Waals surface area contributed by atoms with Gasteiger partial charge in [-0.05, 0) is 36.1 Å². The van der Waals surface area contributed by atoms with Crippen LogP contribution in [0, 0.1) is 6.92 Å². The van der Waals surface area contributed by atoms with Crippen LogP contribution < -0.4 is 10.1 Å². The molecule has 0 saturated carbocycles. The van der Waals surface area contributed by atoms with Gasteiger partial charge < -0.3 is 10.1 Å². The van der Waals surface area contributed by atoms with E-state index in [0.29, 0.717) is 10.6 Å². The van der Waals surface area contributed by atoms with E-state index < -0.39 is 0 Å². The van der Waals surface area contributed by atoms with Gasteiger partial charge in [0.25, 0.3) is 5.91 Å². The Bertz CT molecular complexity index is 774. The van der Waals surface area contributed by atoms with Gasteiger partial charge in [-0.25, -0.2) is 0 Å². The Balaban J connectivity index is 1.93. The highest BCUT2D eigenvalue weighted by Gasteiger charge is 2.14. The summed E-state index contributed by atoms with van der Waals surface area (Å²) in [5.74, 6) is 0.563. The van der Waals surface area contributed by atoms with Crippen LogP contribution in [0.1, 0.15) is 15.2 Å². The predicted molar refractivity (Wildman–Crippen MR) is 87.5 cm³/mol. The van der Waals surface area contributed by atoms with Crippen molar-refractivity contribution in [1.82, 2.24) is 0 Å². The van der Waals surface area contributed by atoms with E-state index in [-0.39, 0.29) is 5.91 Å². The van der Waals surface area contributed by atoms with Crippen LogP contribution in [0.3, 0.4) is 0 Å². The van der Waals surface area contributed by atoms with E-state index in [2.05, 4.69) is 5.32 Å². The number of nitrogens with one attached hydrogen (secondary N) is 1. The van der Waals surface area contributed by atoms with Crippen LogP contribution in [0.2, 0.25) is 0 Å². The van der Waals surface area contributed by atoms with E-state index in [9.17, 15) is 4.79 Å². The van der Waals surface area contributed by atoms with Crippen LogP contribution in [0.5, 0.6) is 5.75 Å². The van der Waals surface area contributed by atoms with Crippen molar-refractivity contribution in [2.75, 3.05) is 12.4 Å². The number of methoxy groups -OCH3 is 1. The summed E-state index contributed by atoms with van der Waals surface area (Å²) in [6.07, 6.45) is 0. The van der Waals surface area contributed by atoms with Crippen molar-refractivity contribution in [3.63, 3.8) is 0 Å². The highest BCUT2D eigenvalue weighted by molar-refractivity contribution is 7.20. The number of para-hydroxylation sites is 1. The summed E-state index contributed by atoms with van der Waals surface area (Å²) in [6, 6.07) is 15.6. The Morgan fingerprint density at radius 1 is 1.14 bits per heavy atom. The minimum atomic E-state index is -0.108. The lowest BCUT2D eigenvalue weighted by molar-refractivity contribution is 0.103. The second-order valence-electron chi connectivity index (χ2n) is 4.75. The molecule has 0 radical (unpaired) electrons. The summed E-state index contributed by atoms with van der Waals surface area (Å²) in [6.45, 7) is 1.95. The topological polar surface area (TPSA) is 38.3 Å². The maximum absolute atomic E-state index is 12.4. The molecule has 106 valence electrons. The van der Waals surface area contributed by atoms with Gasteiger partial charge in [-0.3, -0.25) is 4.79 Å². The first-order valence-corrected chi connectivity index (χ1v) is 7.44. The minimum absolute atomic E-state index is 0.108. The van der Waals surface area contributed by atoms with Crippen LogP contribution in [0.4, 0.5) is 5.69 Å². The van der Waals surface area contributed by atoms with Gasteiger partial charge in [0.1, 0.15) is 5.75 Å². The molecule has 2 aromatic carbocycles. The lowest BCUT2D eigenvalue weighted by atomic mass is 10.2. The van der Waals surface area contributed by atoms with Crippen molar-refractivity contribution in [1.29, 1.82) is 0 Å². The van der Waals surface area contributed by atoms with Gasteiger partial charge in [0.2, 0.25) is 0 Å². The molecular formula is C17H15NO2S. The molecule has 0 bridgehead atoms. The van der Waals surface area contributed by atoms with Crippen LogP contribution in [0.15, 0.2) is 48.5 Å². The normalized spacial score (nSPS) is 10.6. The highest BCUT2D eigenvalue weighted by Crippen LogP contribution is 2.30. The third-order valence-electron chi connectivity index (χ3n) is 3.34. The standard InChI is InChI=1S/C17H15NO2S/c1-11-6-5-8-13(20-2)16(11)18-17(19)15-10-12-7-3-4-9-14(12)21-15/h3-10H,1-2H3,(H,18,19). The molecule has 1 amide bonds. The number of benzene rings is 2. The van der Waals surface area contributed by atoms with Crippen molar-refractivity contribution in [3.05, 3.63) is 59.0 Å². The average Bonchev–Trinajstić information content (AvgIpc) is 2.93. The van der Waals surface area contributed by atoms with Gasteiger partial charge in [-0.1, -0.05) is 30.3 Å². The Labute approximate surface area is 127 Å². The molecular weight excluding hydrogens is 282 g/mol. The average molecular weight is 297 g/mol. The first-order valence-electron chi connectivity index (χ1n) is 6.62. The van der Waals surface area contributed by atoms with Gasteiger partial charge >= 0.3 is 0 Å². The van der Waals surface area contributed by atoms with Crippen molar-refractivity contribution < 1.29 is 9.53 Å². The molecule has 0 aliphatic carbocycles. The van der Waals surface area contributed by atoms with Crippen LogP contribution in [-0.4, -0.2) is 13.0 Å². The molecule has 1 N–H and O–H groups in total. The quantitative estimate of drug-likeness (QED) is 0.774. The minimum Gasteiger partial charge on any atom is -0.495 e. The molecule has 3 nitrogen and oxygen atoms in total. The van der Waals surface area contributed by atoms with Crippen LogP contribution in [-0.2, 0) is 0 Å². The van der Waals surface area contributed by atoms with Gasteiger partial charge in [0, 0.05) is 4.70 Å². The van der Waals surface area contributed by atoms with E-state index in [4.69, 9.17) is 4.74 Å². The number of amides is 1. The zero-order valence-electron chi connectivity index (χ0n) is 11.8. The van der Waals surface area contributed by atoms with Gasteiger partial charge in [-0.15, -0.1) is 11.3 Å². The number of aryl methyl sites for hydroxylation is 1. The van der Waals surface area contributed by atoms with Crippen LogP contribution in [0.25, 0.3) is 10.1 Å². The molecule has 3 rings (SSSR count). The van der Waals surface area contributed by atoms with Gasteiger partial charge in [0.15, 0.2) is 0 Å². The highest BCUT2D eigenvalue weighted by atomic mass is 32.1. The number of hydrogen-bond acceptors (Lipinski definition) is 3. The van der Waals surface area contributed by atoms with Crippen molar-refractivity contribution in [3.8, 4) is 5.75 Å². The first kappa shape index (κ1) is 13.6. The van der Waals surface area contributed by atoms with E-state index in [1.165, 1.54) is 11.3 Å². The molecule has 1 heterocycles. The number of carbonyl (C=O) groups excluding carboxylic acids is 1. The molecule has 3 aromatic rings. The van der Waals surface area contributed by atoms with E-state index >= 15 is 0 Å². The Kier molecular flexibility index (Phi) is 3.62. The summed E-state index contributed by atoms with van der Waals surface area (Å²) < 4.78 is 6.42. The summed E-state index contributed by atoms with van der Waals surface area (Å²) in [4.78, 5) is 13.1. The molecule has 0 aliphatic heterocycles. The smallest absolute Gasteiger partial charge is 0.265 e. The van der Waals surface area contributed by atoms with E-state index in [0.717, 1.165) is 21.3 Å². The van der Waals surface area contributed by atoms with Gasteiger partial charge in [0.05, 0.1) is 17.7 Å². The van der Waals surface area contributed by atoms with Crippen molar-refractivity contribution >= 4 is 33.0 Å². The molecule has 1 aromatic heterocycles. The molecule has 21 heavy (non-hydrogen) atoms. The molecule has 0 atom stereocenters. The summed E-state index contributed by atoms with van der Waals surface area (Å²) in [5.41, 5.74) is 1.70. The lowest BCUT2D eigenvalue weighted by Gasteiger charge is -2.12. The molecule has 0 saturated heterocycles. The first-order chi connectivity index (χ1) is 10.2. The van der Waals surface area contributed by atoms with Crippen molar-refractivity contribution in [2.45, 2.75) is 6.92 Å². The maximum atomic E-state index is 12.4. The number of hydrogen-bond donors (Lipinski definition) is 1. The number of ether oxygens (including phenoxy) is 1. The van der Waals surface area contributed by atoms with Crippen molar-refractivity contribution in [2.24, 2.45) is 0 Å². The zero-order valence-corrected chi connectivity index (χ0v) is 12.7. The monoisotopic (exact) mass is 297 g/mol. The molecule has 0 fully saturated rings. The fraction of sp³-hybridized carbons (Fsp3) is 0.118. The number of thiophene rings is 1. The molecule has 0 spiro atoms. The zero-order chi connectivity index (χ0) is 14.8. The van der Waals surface area contributed by atoms with E-state index in [1.807, 2.05) is 55.5 Å². The maximum Gasteiger partial charge on any atom is 0.265 e. The second kappa shape index (κ2) is 5.58. The number of anilines is 1. The molecule has 0 aliphatic rings. The van der Waals surface area contributed by atoms with Crippen LogP contribution >= 0.6 is 11.3 Å². The Morgan fingerprint density at radius 3 is 2.71 bits per heavy atom. The molecule has 0 unspecified atom stereocenters. The lowest BCUT2D eigenvalue weighted by Crippen LogP contribution is -2.12. The molecule has 4 heteroatoms. The third kappa shape index (κ3) is 2.62.